The number of nitrogens with two attached hydrogens (primary N) is 1. The maximum atomic E-state index is 11.8. The predicted molar refractivity (Wildman–Crippen MR) is 218 cm³/mol. The Morgan fingerprint density at radius 3 is 2.82 bits per heavy atom. The summed E-state index contributed by atoms with van der Waals surface area (Å²) in [5.74, 6) is 9.31. The maximum Gasteiger partial charge on any atom is 0.164 e. The molecule has 8 bridgehead atoms. The molecular formula is C48H53N3O5. The molecular weight excluding hydrogens is 699 g/mol. The molecule has 3 aromatic carbocycles. The SMILES string of the molecule is CC1C#CC2=CC(N)NC3=C2COC(CCC1)CC(O)C1CCc2c(ccc(O)c2OCc2cc(C45CCOCC4CCc4ccccc45)cc4cn3cc24)C1. The van der Waals surface area contributed by atoms with Crippen molar-refractivity contribution >= 4 is 16.6 Å². The van der Waals surface area contributed by atoms with Crippen LogP contribution in [0.5, 0.6) is 11.5 Å². The van der Waals surface area contributed by atoms with Crippen LogP contribution in [0.2, 0.25) is 0 Å². The van der Waals surface area contributed by atoms with Crippen molar-refractivity contribution in [1.29, 1.82) is 0 Å². The number of aryl methyl sites for hydroxylation is 1. The summed E-state index contributed by atoms with van der Waals surface area (Å²) in [6.45, 7) is 4.30. The Labute approximate surface area is 329 Å². The summed E-state index contributed by atoms with van der Waals surface area (Å²) in [4.78, 5) is 0. The molecule has 1 aromatic heterocycles. The van der Waals surface area contributed by atoms with E-state index in [1.54, 1.807) is 6.07 Å². The highest BCUT2D eigenvalue weighted by Gasteiger charge is 2.47. The summed E-state index contributed by atoms with van der Waals surface area (Å²) < 4.78 is 22.0. The first-order valence-corrected chi connectivity index (χ1v) is 20.9. The molecule has 4 aromatic rings. The predicted octanol–water partition coefficient (Wildman–Crippen LogP) is 7.26. The molecule has 0 spiro atoms. The standard InChI is InChI=1S/C48H53N3O5/c1-29-5-4-7-38-23-44(53)33-12-15-39-31(19-33)13-16-43(52)46(39)56-26-35-21-37(48-17-18-54-27-36(48)14-11-30-6-2-3-8-42(30)48)20-34-24-51(25-40(34)35)47-41(28-55-38)32(10-9-29)22-45(49)50-47/h2-3,6,8,13,16,20-22,24-25,29,33,36,38,44-45,50,52-53H,4-5,7,11-12,14-15,17-19,23,26-28,49H2,1H3. The van der Waals surface area contributed by atoms with Gasteiger partial charge >= 0.3 is 0 Å². The number of aliphatic hydroxyl groups is 1. The molecule has 11 rings (SSSR count). The molecule has 0 radical (unpaired) electrons. The second-order valence-electron chi connectivity index (χ2n) is 17.3. The van der Waals surface area contributed by atoms with Gasteiger partial charge < -0.3 is 40.0 Å². The van der Waals surface area contributed by atoms with Crippen LogP contribution >= 0.6 is 0 Å². The van der Waals surface area contributed by atoms with E-state index in [9.17, 15) is 10.2 Å². The molecule has 8 nitrogen and oxygen atoms in total. The Bertz CT molecular complexity index is 2310. The van der Waals surface area contributed by atoms with Crippen molar-refractivity contribution in [3.63, 3.8) is 0 Å². The zero-order chi connectivity index (χ0) is 38.0. The van der Waals surface area contributed by atoms with Crippen molar-refractivity contribution in [1.82, 2.24) is 9.88 Å². The number of nitrogens with zero attached hydrogens (tertiary/aromatic N) is 1. The van der Waals surface area contributed by atoms with Gasteiger partial charge in [0.05, 0.1) is 31.6 Å². The van der Waals surface area contributed by atoms with Crippen LogP contribution in [0.1, 0.15) is 85.3 Å². The fraction of sp³-hybridized carbons (Fsp3) is 0.458. The molecule has 290 valence electrons. The topological polar surface area (TPSA) is 111 Å². The third-order valence-electron chi connectivity index (χ3n) is 13.9. The average Bonchev–Trinajstić information content (AvgIpc) is 3.64. The number of nitrogens with one attached hydrogen (secondary N) is 1. The Hall–Kier alpha value is -4.52. The summed E-state index contributed by atoms with van der Waals surface area (Å²) in [7, 11) is 0. The first-order chi connectivity index (χ1) is 27.3. The van der Waals surface area contributed by atoms with Gasteiger partial charge in [0.15, 0.2) is 11.5 Å². The van der Waals surface area contributed by atoms with Crippen LogP contribution in [0.15, 0.2) is 78.1 Å². The van der Waals surface area contributed by atoms with Gasteiger partial charge in [-0.2, -0.15) is 0 Å². The van der Waals surface area contributed by atoms with Gasteiger partial charge in [0.2, 0.25) is 0 Å². The minimum atomic E-state index is -0.508. The lowest BCUT2D eigenvalue weighted by Crippen LogP contribution is -2.47. The zero-order valence-electron chi connectivity index (χ0n) is 32.4. The summed E-state index contributed by atoms with van der Waals surface area (Å²) in [6.07, 6.45) is 14.1. The molecule has 0 saturated carbocycles. The lowest BCUT2D eigenvalue weighted by molar-refractivity contribution is -0.00219. The lowest BCUT2D eigenvalue weighted by atomic mass is 9.57. The van der Waals surface area contributed by atoms with Crippen LogP contribution in [-0.4, -0.2) is 53.0 Å². The van der Waals surface area contributed by atoms with Gasteiger partial charge in [-0.25, -0.2) is 0 Å². The molecule has 2 aliphatic carbocycles. The van der Waals surface area contributed by atoms with Crippen molar-refractivity contribution < 1.29 is 24.4 Å². The van der Waals surface area contributed by atoms with Gasteiger partial charge in [-0.05, 0) is 122 Å². The number of rotatable bonds is 1. The third-order valence-corrected chi connectivity index (χ3v) is 13.9. The number of phenolic OH excluding ortho intramolecular Hbond substituents is 1. The minimum absolute atomic E-state index is 0.0973. The van der Waals surface area contributed by atoms with E-state index < -0.39 is 12.3 Å². The molecule has 8 heteroatoms. The first-order valence-electron chi connectivity index (χ1n) is 20.9. The molecule has 6 heterocycles. The summed E-state index contributed by atoms with van der Waals surface area (Å²) in [5.41, 5.74) is 15.8. The fourth-order valence-corrected chi connectivity index (χ4v) is 10.9. The van der Waals surface area contributed by atoms with Gasteiger partial charge in [-0.3, -0.25) is 0 Å². The maximum absolute atomic E-state index is 11.8. The van der Waals surface area contributed by atoms with Gasteiger partial charge in [0.25, 0.3) is 0 Å². The molecule has 7 unspecified atom stereocenters. The van der Waals surface area contributed by atoms with Crippen molar-refractivity contribution in [2.24, 2.45) is 23.5 Å². The number of phenols is 1. The van der Waals surface area contributed by atoms with E-state index in [1.807, 2.05) is 12.1 Å². The van der Waals surface area contributed by atoms with E-state index in [0.717, 1.165) is 109 Å². The van der Waals surface area contributed by atoms with E-state index in [4.69, 9.17) is 19.9 Å². The molecule has 7 atom stereocenters. The third kappa shape index (κ3) is 6.24. The van der Waals surface area contributed by atoms with Crippen molar-refractivity contribution in [2.45, 2.75) is 102 Å². The summed E-state index contributed by atoms with van der Waals surface area (Å²) >= 11 is 0. The number of ether oxygens (including phenoxy) is 3. The van der Waals surface area contributed by atoms with E-state index >= 15 is 0 Å². The second-order valence-corrected chi connectivity index (χ2v) is 17.3. The van der Waals surface area contributed by atoms with Crippen LogP contribution in [0.25, 0.3) is 16.6 Å². The first kappa shape index (κ1) is 35.9. The van der Waals surface area contributed by atoms with Crippen molar-refractivity contribution in [3.8, 4) is 23.3 Å². The number of benzene rings is 3. The van der Waals surface area contributed by atoms with Crippen LogP contribution < -0.4 is 15.8 Å². The van der Waals surface area contributed by atoms with Gasteiger partial charge in [-0.1, -0.05) is 55.2 Å². The van der Waals surface area contributed by atoms with E-state index in [1.165, 1.54) is 16.7 Å². The van der Waals surface area contributed by atoms with E-state index in [2.05, 4.69) is 77.4 Å². The summed E-state index contributed by atoms with van der Waals surface area (Å²) in [5, 5.41) is 28.9. The number of hydrogen-bond acceptors (Lipinski definition) is 7. The molecule has 5 aliphatic heterocycles. The molecule has 1 fully saturated rings. The largest absolute Gasteiger partial charge is 0.504 e. The zero-order valence-corrected chi connectivity index (χ0v) is 32.4. The van der Waals surface area contributed by atoms with Crippen LogP contribution in [0.3, 0.4) is 0 Å². The Morgan fingerprint density at radius 2 is 1.89 bits per heavy atom. The highest BCUT2D eigenvalue weighted by Crippen LogP contribution is 2.52. The molecule has 0 amide bonds. The highest BCUT2D eigenvalue weighted by atomic mass is 16.5. The van der Waals surface area contributed by atoms with Crippen LogP contribution in [0.4, 0.5) is 0 Å². The van der Waals surface area contributed by atoms with Gasteiger partial charge in [-0.15, -0.1) is 0 Å². The van der Waals surface area contributed by atoms with Crippen LogP contribution in [-0.2, 0) is 40.8 Å². The number of fused-ring (bicyclic) bond motifs is 6. The Balaban J connectivity index is 1.18. The number of aromatic nitrogens is 1. The van der Waals surface area contributed by atoms with E-state index in [-0.39, 0.29) is 29.1 Å². The minimum Gasteiger partial charge on any atom is -0.504 e. The number of hydrogen-bond donors (Lipinski definition) is 4. The highest BCUT2D eigenvalue weighted by molar-refractivity contribution is 5.88. The monoisotopic (exact) mass is 751 g/mol. The normalized spacial score (nSPS) is 30.1. The molecule has 7 aliphatic rings. The Kier molecular flexibility index (Phi) is 9.25. The van der Waals surface area contributed by atoms with E-state index in [0.29, 0.717) is 37.9 Å². The van der Waals surface area contributed by atoms with Gasteiger partial charge in [0.1, 0.15) is 12.4 Å². The van der Waals surface area contributed by atoms with Crippen LogP contribution in [0, 0.1) is 29.6 Å². The Morgan fingerprint density at radius 1 is 0.982 bits per heavy atom. The van der Waals surface area contributed by atoms with Crippen molar-refractivity contribution in [2.75, 3.05) is 19.8 Å². The smallest absolute Gasteiger partial charge is 0.164 e. The average molecular weight is 752 g/mol. The number of aromatic hydroxyl groups is 1. The lowest BCUT2D eigenvalue weighted by Gasteiger charge is -2.49. The molecule has 56 heavy (non-hydrogen) atoms. The quantitative estimate of drug-likeness (QED) is 0.152. The second kappa shape index (κ2) is 14.5. The molecule has 5 N–H and O–H groups in total. The van der Waals surface area contributed by atoms with Crippen molar-refractivity contribution in [3.05, 3.63) is 112 Å². The van der Waals surface area contributed by atoms with Gasteiger partial charge in [0, 0.05) is 57.8 Å². The summed E-state index contributed by atoms with van der Waals surface area (Å²) in [6, 6.07) is 17.6. The number of dihydropyridines is 1. The molecule has 1 saturated heterocycles. The fourth-order valence-electron chi connectivity index (χ4n) is 10.9. The number of aliphatic hydroxyl groups excluding tert-OH is 1.